The Morgan fingerprint density at radius 3 is 2.46 bits per heavy atom. The molecule has 0 aliphatic heterocycles. The van der Waals surface area contributed by atoms with E-state index >= 15 is 0 Å². The van der Waals surface area contributed by atoms with Crippen molar-refractivity contribution < 1.29 is 19.4 Å². The molecule has 0 radical (unpaired) electrons. The maximum atomic E-state index is 10.8. The Labute approximate surface area is 81.8 Å². The Morgan fingerprint density at radius 1 is 1.23 bits per heavy atom. The van der Waals surface area contributed by atoms with Gasteiger partial charge in [-0.1, -0.05) is 0 Å². The molecule has 0 aliphatic carbocycles. The molecule has 0 aromatic rings. The molecule has 76 valence electrons. The number of hydrogen-bond acceptors (Lipinski definition) is 3. The van der Waals surface area contributed by atoms with Gasteiger partial charge in [-0.15, -0.1) is 11.6 Å². The Balaban J connectivity index is 3.25. The normalized spacial score (nSPS) is 9.62. The SMILES string of the molecule is O=C(O)CCCC(=O)OCCCCl. The van der Waals surface area contributed by atoms with Gasteiger partial charge in [0.2, 0.25) is 0 Å². The lowest BCUT2D eigenvalue weighted by molar-refractivity contribution is -0.144. The summed E-state index contributed by atoms with van der Waals surface area (Å²) in [5.41, 5.74) is 0. The maximum Gasteiger partial charge on any atom is 0.305 e. The van der Waals surface area contributed by atoms with E-state index in [4.69, 9.17) is 21.4 Å². The van der Waals surface area contributed by atoms with Crippen LogP contribution < -0.4 is 0 Å². The monoisotopic (exact) mass is 208 g/mol. The van der Waals surface area contributed by atoms with Gasteiger partial charge in [-0.3, -0.25) is 9.59 Å². The highest BCUT2D eigenvalue weighted by atomic mass is 35.5. The average Bonchev–Trinajstić information content (AvgIpc) is 2.04. The van der Waals surface area contributed by atoms with Crippen molar-refractivity contribution in [2.75, 3.05) is 12.5 Å². The van der Waals surface area contributed by atoms with Gasteiger partial charge in [-0.25, -0.2) is 0 Å². The Bertz CT molecular complexity index is 170. The molecule has 0 spiro atoms. The molecule has 0 rings (SSSR count). The molecule has 1 N–H and O–H groups in total. The number of carboxylic acids is 1. The van der Waals surface area contributed by atoms with Gasteiger partial charge in [0.1, 0.15) is 0 Å². The smallest absolute Gasteiger partial charge is 0.305 e. The largest absolute Gasteiger partial charge is 0.481 e. The fraction of sp³-hybridized carbons (Fsp3) is 0.750. The summed E-state index contributed by atoms with van der Waals surface area (Å²) in [4.78, 5) is 20.9. The van der Waals surface area contributed by atoms with Crippen LogP contribution in [0.5, 0.6) is 0 Å². The zero-order chi connectivity index (χ0) is 10.1. The fourth-order valence-electron chi connectivity index (χ4n) is 0.697. The minimum Gasteiger partial charge on any atom is -0.481 e. The summed E-state index contributed by atoms with van der Waals surface area (Å²) < 4.78 is 4.75. The first-order chi connectivity index (χ1) is 6.16. The number of carboxylic acid groups (broad SMARTS) is 1. The highest BCUT2D eigenvalue weighted by Gasteiger charge is 2.04. The van der Waals surface area contributed by atoms with Crippen LogP contribution in [0.25, 0.3) is 0 Å². The van der Waals surface area contributed by atoms with Gasteiger partial charge in [0, 0.05) is 18.7 Å². The van der Waals surface area contributed by atoms with E-state index in [-0.39, 0.29) is 18.8 Å². The molecule has 0 heterocycles. The van der Waals surface area contributed by atoms with E-state index in [0.717, 1.165) is 0 Å². The second kappa shape index (κ2) is 7.86. The molecule has 0 aliphatic rings. The summed E-state index contributed by atoms with van der Waals surface area (Å²) >= 11 is 5.36. The van der Waals surface area contributed by atoms with Gasteiger partial charge in [0.05, 0.1) is 6.61 Å². The lowest BCUT2D eigenvalue weighted by Crippen LogP contribution is -2.07. The second-order valence-electron chi connectivity index (χ2n) is 2.51. The highest BCUT2D eigenvalue weighted by Crippen LogP contribution is 1.98. The molecular formula is C8H13ClO4. The Morgan fingerprint density at radius 2 is 1.92 bits per heavy atom. The summed E-state index contributed by atoms with van der Waals surface area (Å²) in [7, 11) is 0. The number of alkyl halides is 1. The number of hydrogen-bond donors (Lipinski definition) is 1. The number of carbonyl (C=O) groups excluding carboxylic acids is 1. The summed E-state index contributed by atoms with van der Waals surface area (Å²) in [6.45, 7) is 0.315. The molecule has 0 atom stereocenters. The topological polar surface area (TPSA) is 63.6 Å². The molecular weight excluding hydrogens is 196 g/mol. The van der Waals surface area contributed by atoms with E-state index in [1.54, 1.807) is 0 Å². The van der Waals surface area contributed by atoms with E-state index in [9.17, 15) is 9.59 Å². The molecule has 0 aromatic carbocycles. The summed E-state index contributed by atoms with van der Waals surface area (Å²) in [5, 5.41) is 8.27. The van der Waals surface area contributed by atoms with Crippen LogP contribution >= 0.6 is 11.6 Å². The van der Waals surface area contributed by atoms with Gasteiger partial charge in [-0.05, 0) is 12.8 Å². The molecule has 0 aromatic heterocycles. The number of esters is 1. The first-order valence-electron chi connectivity index (χ1n) is 4.10. The lowest BCUT2D eigenvalue weighted by atomic mass is 10.2. The molecule has 0 fully saturated rings. The Kier molecular flexibility index (Phi) is 7.39. The van der Waals surface area contributed by atoms with E-state index in [0.29, 0.717) is 25.3 Å². The number of rotatable bonds is 7. The summed E-state index contributed by atoms with van der Waals surface area (Å²) in [5.74, 6) is -0.789. The lowest BCUT2D eigenvalue weighted by Gasteiger charge is -2.01. The van der Waals surface area contributed by atoms with Crippen LogP contribution in [0.4, 0.5) is 0 Å². The summed E-state index contributed by atoms with van der Waals surface area (Å²) in [6.07, 6.45) is 1.13. The van der Waals surface area contributed by atoms with Gasteiger partial charge in [0.15, 0.2) is 0 Å². The third-order valence-electron chi connectivity index (χ3n) is 1.31. The molecule has 5 heteroatoms. The van der Waals surface area contributed by atoms with Crippen molar-refractivity contribution in [1.29, 1.82) is 0 Å². The molecule has 0 unspecified atom stereocenters. The van der Waals surface area contributed by atoms with E-state index in [1.807, 2.05) is 0 Å². The van der Waals surface area contributed by atoms with Gasteiger partial charge in [-0.2, -0.15) is 0 Å². The molecule has 0 amide bonds. The van der Waals surface area contributed by atoms with Crippen LogP contribution in [0.15, 0.2) is 0 Å². The quantitative estimate of drug-likeness (QED) is 0.390. The zero-order valence-electron chi connectivity index (χ0n) is 7.29. The summed E-state index contributed by atoms with van der Waals surface area (Å²) in [6, 6.07) is 0. The molecule has 0 bridgehead atoms. The first kappa shape index (κ1) is 12.2. The van der Waals surface area contributed by atoms with Gasteiger partial charge >= 0.3 is 11.9 Å². The Hall–Kier alpha value is -0.770. The van der Waals surface area contributed by atoms with Crippen LogP contribution in [-0.4, -0.2) is 29.5 Å². The predicted molar refractivity (Wildman–Crippen MR) is 47.8 cm³/mol. The van der Waals surface area contributed by atoms with Gasteiger partial charge in [0.25, 0.3) is 0 Å². The minimum absolute atomic E-state index is 0.00457. The van der Waals surface area contributed by atoms with E-state index in [1.165, 1.54) is 0 Å². The molecule has 0 saturated carbocycles. The maximum absolute atomic E-state index is 10.8. The number of halogens is 1. The van der Waals surface area contributed by atoms with Crippen molar-refractivity contribution in [2.24, 2.45) is 0 Å². The van der Waals surface area contributed by atoms with Gasteiger partial charge < -0.3 is 9.84 Å². The fourth-order valence-corrected chi connectivity index (χ4v) is 0.806. The number of ether oxygens (including phenoxy) is 1. The van der Waals surface area contributed by atoms with Crippen molar-refractivity contribution in [3.05, 3.63) is 0 Å². The number of aliphatic carboxylic acids is 1. The van der Waals surface area contributed by atoms with Crippen molar-refractivity contribution in [3.8, 4) is 0 Å². The van der Waals surface area contributed by atoms with Crippen molar-refractivity contribution in [1.82, 2.24) is 0 Å². The van der Waals surface area contributed by atoms with Crippen LogP contribution in [0, 0.1) is 0 Å². The standard InChI is InChI=1S/C8H13ClO4/c9-5-2-6-13-8(12)4-1-3-7(10)11/h1-6H2,(H,10,11). The third kappa shape index (κ3) is 9.14. The van der Waals surface area contributed by atoms with Crippen molar-refractivity contribution in [3.63, 3.8) is 0 Å². The highest BCUT2D eigenvalue weighted by molar-refractivity contribution is 6.17. The molecule has 0 saturated heterocycles. The van der Waals surface area contributed by atoms with Crippen molar-refractivity contribution in [2.45, 2.75) is 25.7 Å². The molecule has 4 nitrogen and oxygen atoms in total. The van der Waals surface area contributed by atoms with Crippen LogP contribution in [0.1, 0.15) is 25.7 Å². The second-order valence-corrected chi connectivity index (χ2v) is 2.89. The molecule has 13 heavy (non-hydrogen) atoms. The third-order valence-corrected chi connectivity index (χ3v) is 1.58. The zero-order valence-corrected chi connectivity index (χ0v) is 8.05. The van der Waals surface area contributed by atoms with E-state index < -0.39 is 5.97 Å². The minimum atomic E-state index is -0.895. The van der Waals surface area contributed by atoms with Crippen LogP contribution in [0.3, 0.4) is 0 Å². The number of carbonyl (C=O) groups is 2. The van der Waals surface area contributed by atoms with Crippen molar-refractivity contribution >= 4 is 23.5 Å². The first-order valence-corrected chi connectivity index (χ1v) is 4.63. The average molecular weight is 209 g/mol. The van der Waals surface area contributed by atoms with Crippen LogP contribution in [-0.2, 0) is 14.3 Å². The van der Waals surface area contributed by atoms with Crippen LogP contribution in [0.2, 0.25) is 0 Å². The van der Waals surface area contributed by atoms with E-state index in [2.05, 4.69) is 0 Å². The predicted octanol–water partition coefficient (Wildman–Crippen LogP) is 1.41.